The van der Waals surface area contributed by atoms with Crippen molar-refractivity contribution in [3.8, 4) is 11.3 Å². The lowest BCUT2D eigenvalue weighted by Crippen LogP contribution is -2.13. The number of thiocarbonyl (C=S) groups is 1. The topological polar surface area (TPSA) is 43.3 Å². The Morgan fingerprint density at radius 3 is 2.58 bits per heavy atom. The van der Waals surface area contributed by atoms with Gasteiger partial charge in [-0.25, -0.2) is 4.98 Å². The van der Waals surface area contributed by atoms with Gasteiger partial charge in [0, 0.05) is 18.2 Å². The van der Waals surface area contributed by atoms with Crippen molar-refractivity contribution < 1.29 is 0 Å². The molecule has 0 bridgehead atoms. The van der Waals surface area contributed by atoms with E-state index in [4.69, 9.17) is 18.0 Å². The molecule has 19 heavy (non-hydrogen) atoms. The van der Waals surface area contributed by atoms with Gasteiger partial charge in [-0.2, -0.15) is 0 Å². The van der Waals surface area contributed by atoms with Gasteiger partial charge in [0.05, 0.1) is 16.4 Å². The molecule has 0 spiro atoms. The highest BCUT2D eigenvalue weighted by molar-refractivity contribution is 7.80. The van der Waals surface area contributed by atoms with Gasteiger partial charge in [-0.05, 0) is 12.1 Å². The molecule has 0 radical (unpaired) electrons. The summed E-state index contributed by atoms with van der Waals surface area (Å²) in [5.74, 6) is 0. The molecule has 0 atom stereocenters. The number of nitrogens with two attached hydrogens (primary N) is 1. The van der Waals surface area contributed by atoms with Gasteiger partial charge in [0.25, 0.3) is 0 Å². The number of aromatic nitrogens is 2. The van der Waals surface area contributed by atoms with Gasteiger partial charge in [0.2, 0.25) is 0 Å². The van der Waals surface area contributed by atoms with E-state index in [9.17, 15) is 0 Å². The molecule has 1 aromatic carbocycles. The maximum absolute atomic E-state index is 5.71. The minimum atomic E-state index is 0.475. The van der Waals surface area contributed by atoms with Crippen LogP contribution in [0.15, 0.2) is 54.7 Å². The van der Waals surface area contributed by atoms with Crippen molar-refractivity contribution in [1.29, 1.82) is 0 Å². The van der Waals surface area contributed by atoms with E-state index in [1.165, 1.54) is 0 Å². The summed E-state index contributed by atoms with van der Waals surface area (Å²) >= 11 is 5.05. The van der Waals surface area contributed by atoms with Crippen molar-refractivity contribution in [3.05, 3.63) is 60.4 Å². The number of benzene rings is 1. The quantitative estimate of drug-likeness (QED) is 0.742. The highest BCUT2D eigenvalue weighted by Crippen LogP contribution is 2.24. The fraction of sp³-hybridized carbons (Fsp3) is 0.0667. The van der Waals surface area contributed by atoms with Gasteiger partial charge in [-0.3, -0.25) is 0 Å². The van der Waals surface area contributed by atoms with Crippen LogP contribution in [-0.4, -0.2) is 14.4 Å². The molecule has 0 saturated heterocycles. The van der Waals surface area contributed by atoms with Crippen LogP contribution in [0.1, 0.15) is 5.69 Å². The summed E-state index contributed by atoms with van der Waals surface area (Å²) in [6.07, 6.45) is 2.53. The number of nitrogens with zero attached hydrogens (tertiary/aromatic N) is 2. The third-order valence-corrected chi connectivity index (χ3v) is 3.16. The summed E-state index contributed by atoms with van der Waals surface area (Å²) in [5, 5.41) is 0. The minimum Gasteiger partial charge on any atom is -0.393 e. The third kappa shape index (κ3) is 2.22. The summed E-state index contributed by atoms with van der Waals surface area (Å²) in [5.41, 5.74) is 9.68. The van der Waals surface area contributed by atoms with Crippen LogP contribution >= 0.6 is 12.2 Å². The monoisotopic (exact) mass is 267 g/mol. The van der Waals surface area contributed by atoms with Crippen molar-refractivity contribution >= 4 is 22.9 Å². The predicted octanol–water partition coefficient (Wildman–Crippen LogP) is 2.83. The highest BCUT2D eigenvalue weighted by atomic mass is 32.1. The SMILES string of the molecule is NC(=S)Cc1c(-c2ccccc2)nc2ccccn12. The van der Waals surface area contributed by atoms with Gasteiger partial charge in [0.15, 0.2) is 0 Å². The van der Waals surface area contributed by atoms with E-state index >= 15 is 0 Å². The first-order valence-corrected chi connectivity index (χ1v) is 6.46. The molecule has 0 saturated carbocycles. The average Bonchev–Trinajstić information content (AvgIpc) is 2.78. The number of pyridine rings is 1. The molecule has 2 aromatic heterocycles. The first-order valence-electron chi connectivity index (χ1n) is 6.05. The summed E-state index contributed by atoms with van der Waals surface area (Å²) in [7, 11) is 0. The smallest absolute Gasteiger partial charge is 0.137 e. The molecule has 0 aliphatic heterocycles. The molecular formula is C15H13N3S. The fourth-order valence-corrected chi connectivity index (χ4v) is 2.34. The van der Waals surface area contributed by atoms with Gasteiger partial charge >= 0.3 is 0 Å². The molecule has 2 N–H and O–H groups in total. The molecule has 3 nitrogen and oxygen atoms in total. The Bertz CT molecular complexity index is 731. The zero-order valence-corrected chi connectivity index (χ0v) is 11.1. The van der Waals surface area contributed by atoms with E-state index in [1.54, 1.807) is 0 Å². The first-order chi connectivity index (χ1) is 9.25. The van der Waals surface area contributed by atoms with E-state index in [1.807, 2.05) is 59.1 Å². The Morgan fingerprint density at radius 2 is 1.84 bits per heavy atom. The third-order valence-electron chi connectivity index (χ3n) is 3.02. The molecule has 2 heterocycles. The lowest BCUT2D eigenvalue weighted by molar-refractivity contribution is 1.07. The molecular weight excluding hydrogens is 254 g/mol. The van der Waals surface area contributed by atoms with E-state index in [0.717, 1.165) is 22.6 Å². The van der Waals surface area contributed by atoms with E-state index in [0.29, 0.717) is 11.4 Å². The molecule has 0 amide bonds. The van der Waals surface area contributed by atoms with Crippen LogP contribution in [-0.2, 0) is 6.42 Å². The molecule has 0 aliphatic rings. The number of fused-ring (bicyclic) bond motifs is 1. The summed E-state index contributed by atoms with van der Waals surface area (Å²) in [6.45, 7) is 0. The van der Waals surface area contributed by atoms with Gasteiger partial charge in [-0.15, -0.1) is 0 Å². The van der Waals surface area contributed by atoms with Gasteiger partial charge in [0.1, 0.15) is 5.65 Å². The normalized spacial score (nSPS) is 10.7. The predicted molar refractivity (Wildman–Crippen MR) is 81.1 cm³/mol. The van der Waals surface area contributed by atoms with Crippen molar-refractivity contribution in [2.24, 2.45) is 5.73 Å². The second kappa shape index (κ2) is 4.82. The Labute approximate surface area is 116 Å². The van der Waals surface area contributed by atoms with E-state index < -0.39 is 0 Å². The summed E-state index contributed by atoms with van der Waals surface area (Å²) in [4.78, 5) is 5.16. The standard InChI is InChI=1S/C15H13N3S/c16-13(19)10-12-15(11-6-2-1-3-7-11)17-14-8-4-5-9-18(12)14/h1-9H,10H2,(H2,16,19). The Kier molecular flexibility index (Phi) is 3.01. The Hall–Kier alpha value is -2.20. The molecule has 3 rings (SSSR count). The molecule has 3 aromatic rings. The molecule has 0 unspecified atom stereocenters. The molecule has 94 valence electrons. The van der Waals surface area contributed by atoms with Crippen LogP contribution in [0.2, 0.25) is 0 Å². The van der Waals surface area contributed by atoms with Crippen LogP contribution in [0.4, 0.5) is 0 Å². The maximum atomic E-state index is 5.71. The van der Waals surface area contributed by atoms with E-state index in [2.05, 4.69) is 4.98 Å². The maximum Gasteiger partial charge on any atom is 0.137 e. The number of hydrogen-bond donors (Lipinski definition) is 1. The number of imidazole rings is 1. The van der Waals surface area contributed by atoms with Crippen molar-refractivity contribution in [3.63, 3.8) is 0 Å². The summed E-state index contributed by atoms with van der Waals surface area (Å²) < 4.78 is 2.04. The lowest BCUT2D eigenvalue weighted by Gasteiger charge is -2.04. The molecule has 0 fully saturated rings. The minimum absolute atomic E-state index is 0.475. The Morgan fingerprint density at radius 1 is 1.11 bits per heavy atom. The van der Waals surface area contributed by atoms with Crippen molar-refractivity contribution in [2.45, 2.75) is 6.42 Å². The molecule has 0 aliphatic carbocycles. The van der Waals surface area contributed by atoms with Gasteiger partial charge < -0.3 is 10.1 Å². The van der Waals surface area contributed by atoms with E-state index in [-0.39, 0.29) is 0 Å². The zero-order valence-electron chi connectivity index (χ0n) is 10.3. The van der Waals surface area contributed by atoms with Crippen LogP contribution in [0.3, 0.4) is 0 Å². The van der Waals surface area contributed by atoms with Crippen LogP contribution < -0.4 is 5.73 Å². The first kappa shape index (κ1) is 11.9. The highest BCUT2D eigenvalue weighted by Gasteiger charge is 2.13. The van der Waals surface area contributed by atoms with Gasteiger partial charge in [-0.1, -0.05) is 48.6 Å². The number of hydrogen-bond acceptors (Lipinski definition) is 2. The average molecular weight is 267 g/mol. The molecule has 4 heteroatoms. The fourth-order valence-electron chi connectivity index (χ4n) is 2.21. The lowest BCUT2D eigenvalue weighted by atomic mass is 10.1. The van der Waals surface area contributed by atoms with Crippen LogP contribution in [0.5, 0.6) is 0 Å². The summed E-state index contributed by atoms with van der Waals surface area (Å²) in [6, 6.07) is 16.0. The number of rotatable bonds is 3. The largest absolute Gasteiger partial charge is 0.393 e. The Balaban J connectivity index is 2.26. The van der Waals surface area contributed by atoms with Crippen molar-refractivity contribution in [2.75, 3.05) is 0 Å². The van der Waals surface area contributed by atoms with Crippen LogP contribution in [0.25, 0.3) is 16.9 Å². The zero-order chi connectivity index (χ0) is 13.2. The second-order valence-corrected chi connectivity index (χ2v) is 4.87. The van der Waals surface area contributed by atoms with Crippen molar-refractivity contribution in [1.82, 2.24) is 9.38 Å². The second-order valence-electron chi connectivity index (χ2n) is 4.35. The van der Waals surface area contributed by atoms with Crippen LogP contribution in [0, 0.1) is 0 Å².